The van der Waals surface area contributed by atoms with Crippen molar-refractivity contribution in [1.29, 1.82) is 0 Å². The molecule has 1 aromatic carbocycles. The van der Waals surface area contributed by atoms with E-state index in [1.807, 2.05) is 6.08 Å². The van der Waals surface area contributed by atoms with Gasteiger partial charge in [0.25, 0.3) is 0 Å². The summed E-state index contributed by atoms with van der Waals surface area (Å²) in [5, 5.41) is 43.5. The van der Waals surface area contributed by atoms with Crippen LogP contribution in [0.5, 0.6) is 0 Å². The van der Waals surface area contributed by atoms with Crippen molar-refractivity contribution in [1.82, 2.24) is 0 Å². The second-order valence-electron chi connectivity index (χ2n) is 10.8. The van der Waals surface area contributed by atoms with E-state index in [9.17, 15) is 30.8 Å². The van der Waals surface area contributed by atoms with E-state index in [0.29, 0.717) is 5.56 Å². The van der Waals surface area contributed by atoms with Crippen LogP contribution in [0.1, 0.15) is 94.3 Å². The van der Waals surface area contributed by atoms with Gasteiger partial charge >= 0.3 is 5.97 Å². The Hall–Kier alpha value is -2.50. The Morgan fingerprint density at radius 3 is 2.19 bits per heavy atom. The van der Waals surface area contributed by atoms with Gasteiger partial charge in [-0.15, -0.1) is 0 Å². The molecule has 1 aliphatic rings. The lowest BCUT2D eigenvalue weighted by molar-refractivity contribution is -0.302. The second-order valence-corrected chi connectivity index (χ2v) is 10.8. The maximum Gasteiger partial charge on any atom is 0.338 e. The minimum absolute atomic E-state index is 0.329. The van der Waals surface area contributed by atoms with Gasteiger partial charge in [-0.1, -0.05) is 101 Å². The zero-order chi connectivity index (χ0) is 30.6. The fourth-order valence-electron chi connectivity index (χ4n) is 4.83. The molecule has 1 aliphatic heterocycles. The SMILES string of the molecule is CCCCCCCCCCCCC/C=C/[C@@H](OC(=O)c1ccccc1)[C@H](CO[C@@H]1O[C@H](CO)[C@H](O)[C@H](O)[C@H]1O)N=[N+]=[N-]. The van der Waals surface area contributed by atoms with Gasteiger partial charge in [-0.2, -0.15) is 0 Å². The molecule has 0 aromatic heterocycles. The first-order valence-corrected chi connectivity index (χ1v) is 15.3. The molecule has 1 saturated heterocycles. The van der Waals surface area contributed by atoms with Crippen LogP contribution in [-0.4, -0.2) is 82.5 Å². The maximum atomic E-state index is 12.8. The zero-order valence-corrected chi connectivity index (χ0v) is 24.7. The van der Waals surface area contributed by atoms with Gasteiger partial charge in [-0.25, -0.2) is 4.79 Å². The fourth-order valence-corrected chi connectivity index (χ4v) is 4.83. The van der Waals surface area contributed by atoms with Crippen LogP contribution in [0.2, 0.25) is 0 Å². The van der Waals surface area contributed by atoms with Crippen LogP contribution in [0.15, 0.2) is 47.6 Å². The van der Waals surface area contributed by atoms with Crippen molar-refractivity contribution in [2.45, 2.75) is 127 Å². The van der Waals surface area contributed by atoms with Crippen LogP contribution >= 0.6 is 0 Å². The number of aliphatic hydroxyl groups is 4. The molecule has 1 aromatic rings. The molecule has 4 N–H and O–H groups in total. The van der Waals surface area contributed by atoms with E-state index in [0.717, 1.165) is 19.3 Å². The average molecular weight is 592 g/mol. The number of hydrogen-bond acceptors (Lipinski definition) is 9. The van der Waals surface area contributed by atoms with Crippen LogP contribution in [0.4, 0.5) is 0 Å². The highest BCUT2D eigenvalue weighted by atomic mass is 16.7. The number of nitrogens with zero attached hydrogens (tertiary/aromatic N) is 3. The number of carbonyl (C=O) groups is 1. The molecule has 42 heavy (non-hydrogen) atoms. The summed E-state index contributed by atoms with van der Waals surface area (Å²) in [5.41, 5.74) is 9.55. The Bertz CT molecular complexity index is 941. The van der Waals surface area contributed by atoms with Crippen LogP contribution in [-0.2, 0) is 14.2 Å². The molecule has 0 bridgehead atoms. The summed E-state index contributed by atoms with van der Waals surface area (Å²) < 4.78 is 16.7. The number of benzene rings is 1. The predicted molar refractivity (Wildman–Crippen MR) is 159 cm³/mol. The number of carbonyl (C=O) groups excluding carboxylic acids is 1. The molecule has 2 rings (SSSR count). The third kappa shape index (κ3) is 12.8. The maximum absolute atomic E-state index is 12.8. The van der Waals surface area contributed by atoms with Crippen LogP contribution in [0.25, 0.3) is 10.4 Å². The molecule has 1 fully saturated rings. The van der Waals surface area contributed by atoms with Crippen molar-refractivity contribution >= 4 is 5.97 Å². The molecular formula is C31H49N3O8. The molecule has 0 saturated carbocycles. The van der Waals surface area contributed by atoms with E-state index >= 15 is 0 Å². The van der Waals surface area contributed by atoms with Crippen molar-refractivity contribution in [2.75, 3.05) is 13.2 Å². The highest BCUT2D eigenvalue weighted by Gasteiger charge is 2.44. The van der Waals surface area contributed by atoms with Crippen molar-refractivity contribution in [3.63, 3.8) is 0 Å². The van der Waals surface area contributed by atoms with Gasteiger partial charge in [0.05, 0.1) is 18.8 Å². The lowest BCUT2D eigenvalue weighted by atomic mass is 9.99. The van der Waals surface area contributed by atoms with Crippen molar-refractivity contribution < 1.29 is 39.4 Å². The topological polar surface area (TPSA) is 174 Å². The molecule has 0 radical (unpaired) electrons. The summed E-state index contributed by atoms with van der Waals surface area (Å²) in [5.74, 6) is -0.606. The van der Waals surface area contributed by atoms with Gasteiger partial charge in [-0.3, -0.25) is 0 Å². The van der Waals surface area contributed by atoms with Crippen molar-refractivity contribution in [3.8, 4) is 0 Å². The minimum atomic E-state index is -1.61. The Balaban J connectivity index is 1.93. The first-order chi connectivity index (χ1) is 20.4. The number of rotatable bonds is 21. The Morgan fingerprint density at radius 1 is 0.976 bits per heavy atom. The quantitative estimate of drug-likeness (QED) is 0.0387. The number of allylic oxidation sites excluding steroid dienone is 1. The Kier molecular flexibility index (Phi) is 18.0. The number of ether oxygens (including phenoxy) is 3. The van der Waals surface area contributed by atoms with E-state index in [4.69, 9.17) is 14.2 Å². The number of aliphatic hydroxyl groups excluding tert-OH is 4. The molecule has 1 heterocycles. The van der Waals surface area contributed by atoms with Crippen LogP contribution in [0, 0.1) is 0 Å². The summed E-state index contributed by atoms with van der Waals surface area (Å²) in [6.45, 7) is 1.29. The number of hydrogen-bond donors (Lipinski definition) is 4. The van der Waals surface area contributed by atoms with E-state index in [1.54, 1.807) is 36.4 Å². The van der Waals surface area contributed by atoms with Gasteiger partial charge in [0.15, 0.2) is 6.29 Å². The van der Waals surface area contributed by atoms with E-state index in [-0.39, 0.29) is 6.61 Å². The molecule has 0 amide bonds. The number of azide groups is 1. The van der Waals surface area contributed by atoms with Gasteiger partial charge < -0.3 is 34.6 Å². The summed E-state index contributed by atoms with van der Waals surface area (Å²) in [6.07, 6.45) is 9.63. The first-order valence-electron chi connectivity index (χ1n) is 15.3. The highest BCUT2D eigenvalue weighted by Crippen LogP contribution is 2.23. The predicted octanol–water partition coefficient (Wildman–Crippen LogP) is 4.96. The normalized spacial score (nSPS) is 23.8. The molecule has 236 valence electrons. The Labute approximate surface area is 249 Å². The lowest BCUT2D eigenvalue weighted by Gasteiger charge is -2.40. The van der Waals surface area contributed by atoms with Gasteiger partial charge in [0.2, 0.25) is 0 Å². The summed E-state index contributed by atoms with van der Waals surface area (Å²) in [4.78, 5) is 15.7. The smallest absolute Gasteiger partial charge is 0.338 e. The van der Waals surface area contributed by atoms with Crippen LogP contribution in [0.3, 0.4) is 0 Å². The van der Waals surface area contributed by atoms with Gasteiger partial charge in [-0.05, 0) is 36.6 Å². The lowest BCUT2D eigenvalue weighted by Crippen LogP contribution is -2.59. The summed E-state index contributed by atoms with van der Waals surface area (Å²) in [6, 6.07) is 7.40. The molecule has 0 unspecified atom stereocenters. The fraction of sp³-hybridized carbons (Fsp3) is 0.710. The van der Waals surface area contributed by atoms with Gasteiger partial charge in [0, 0.05) is 4.91 Å². The first kappa shape index (κ1) is 35.7. The van der Waals surface area contributed by atoms with E-state index in [2.05, 4.69) is 16.9 Å². The van der Waals surface area contributed by atoms with E-state index in [1.165, 1.54) is 57.8 Å². The third-order valence-electron chi connectivity index (χ3n) is 7.41. The minimum Gasteiger partial charge on any atom is -0.454 e. The average Bonchev–Trinajstić information content (AvgIpc) is 3.01. The second kappa shape index (κ2) is 21.2. The molecule has 0 aliphatic carbocycles. The van der Waals surface area contributed by atoms with Crippen molar-refractivity contribution in [3.05, 3.63) is 58.5 Å². The van der Waals surface area contributed by atoms with Crippen molar-refractivity contribution in [2.24, 2.45) is 5.11 Å². The zero-order valence-electron chi connectivity index (χ0n) is 24.7. The number of unbranched alkanes of at least 4 members (excludes halogenated alkanes) is 11. The number of esters is 1. The molecule has 11 nitrogen and oxygen atoms in total. The molecule has 11 heteroatoms. The molecular weight excluding hydrogens is 542 g/mol. The van der Waals surface area contributed by atoms with E-state index < -0.39 is 55.4 Å². The summed E-state index contributed by atoms with van der Waals surface area (Å²) >= 11 is 0. The third-order valence-corrected chi connectivity index (χ3v) is 7.41. The largest absolute Gasteiger partial charge is 0.454 e. The standard InChI is InChI=1S/C31H49N3O8/c1-2-3-4-5-6-7-8-9-10-11-12-13-17-20-25(41-30(39)23-18-15-14-16-19-23)24(33-34-32)22-40-31-29(38)28(37)27(36)26(21-35)42-31/h14-20,24-29,31,35-38H,2-13,21-22H2,1H3/b20-17+/t24-,25+,26+,27-,28-,29+,31+/m0/s1. The monoisotopic (exact) mass is 591 g/mol. The van der Waals surface area contributed by atoms with Gasteiger partial charge in [0.1, 0.15) is 36.6 Å². The summed E-state index contributed by atoms with van der Waals surface area (Å²) in [7, 11) is 0. The molecule has 0 spiro atoms. The highest BCUT2D eigenvalue weighted by molar-refractivity contribution is 5.89. The Morgan fingerprint density at radius 2 is 1.60 bits per heavy atom. The molecule has 7 atom stereocenters. The van der Waals surface area contributed by atoms with Crippen LogP contribution < -0.4 is 0 Å².